The summed E-state index contributed by atoms with van der Waals surface area (Å²) >= 11 is 0. The molecule has 16 heavy (non-hydrogen) atoms. The summed E-state index contributed by atoms with van der Waals surface area (Å²) in [6.07, 6.45) is 2.49. The molecule has 1 saturated heterocycles. The van der Waals surface area contributed by atoms with E-state index in [1.165, 1.54) is 23.8 Å². The molecule has 0 bridgehead atoms. The Balaban J connectivity index is 2.05. The Morgan fingerprint density at radius 3 is 2.69 bits per heavy atom. The van der Waals surface area contributed by atoms with Crippen LogP contribution in [0, 0.1) is 0 Å². The molecule has 2 aromatic carbocycles. The molecule has 0 unspecified atom stereocenters. The molecular weight excluding hydrogens is 198 g/mol. The number of rotatable bonds is 1. The molecule has 0 radical (unpaired) electrons. The van der Waals surface area contributed by atoms with Gasteiger partial charge in [0.15, 0.2) is 0 Å². The lowest BCUT2D eigenvalue weighted by Gasteiger charge is -2.11. The highest BCUT2D eigenvalue weighted by atomic mass is 16.3. The Morgan fingerprint density at radius 2 is 1.88 bits per heavy atom. The van der Waals surface area contributed by atoms with Crippen LogP contribution in [0.15, 0.2) is 36.4 Å². The number of phenolic OH excluding ortho intramolecular Hbond substituents is 1. The van der Waals surface area contributed by atoms with Crippen molar-refractivity contribution in [2.75, 3.05) is 6.54 Å². The monoisotopic (exact) mass is 213 g/mol. The SMILES string of the molecule is Oc1ccc2cc([C@H]3CCCN3)ccc2c1. The van der Waals surface area contributed by atoms with E-state index in [0.29, 0.717) is 11.8 Å². The van der Waals surface area contributed by atoms with Crippen LogP contribution in [-0.4, -0.2) is 11.7 Å². The fourth-order valence-corrected chi connectivity index (χ4v) is 2.44. The van der Waals surface area contributed by atoms with E-state index < -0.39 is 0 Å². The first-order chi connectivity index (χ1) is 7.83. The first kappa shape index (κ1) is 9.67. The topological polar surface area (TPSA) is 32.3 Å². The van der Waals surface area contributed by atoms with Crippen molar-refractivity contribution in [3.8, 4) is 5.75 Å². The highest BCUT2D eigenvalue weighted by molar-refractivity contribution is 5.84. The van der Waals surface area contributed by atoms with Crippen LogP contribution in [0.3, 0.4) is 0 Å². The molecule has 1 aliphatic rings. The van der Waals surface area contributed by atoms with Gasteiger partial charge in [-0.3, -0.25) is 0 Å². The van der Waals surface area contributed by atoms with Gasteiger partial charge in [-0.1, -0.05) is 18.2 Å². The van der Waals surface area contributed by atoms with Crippen LogP contribution < -0.4 is 5.32 Å². The van der Waals surface area contributed by atoms with Gasteiger partial charge >= 0.3 is 0 Å². The lowest BCUT2D eigenvalue weighted by molar-refractivity contribution is 0.476. The maximum Gasteiger partial charge on any atom is 0.116 e. The molecule has 2 nitrogen and oxygen atoms in total. The number of nitrogens with one attached hydrogen (secondary N) is 1. The van der Waals surface area contributed by atoms with Crippen LogP contribution in [0.2, 0.25) is 0 Å². The third kappa shape index (κ3) is 1.65. The lowest BCUT2D eigenvalue weighted by Crippen LogP contribution is -2.12. The summed E-state index contributed by atoms with van der Waals surface area (Å²) in [6.45, 7) is 1.12. The van der Waals surface area contributed by atoms with E-state index >= 15 is 0 Å². The van der Waals surface area contributed by atoms with Gasteiger partial charge in [0.1, 0.15) is 5.75 Å². The Kier molecular flexibility index (Phi) is 2.29. The summed E-state index contributed by atoms with van der Waals surface area (Å²) in [5.74, 6) is 0.333. The van der Waals surface area contributed by atoms with Gasteiger partial charge in [0.25, 0.3) is 0 Å². The van der Waals surface area contributed by atoms with Gasteiger partial charge in [-0.2, -0.15) is 0 Å². The minimum Gasteiger partial charge on any atom is -0.508 e. The molecule has 1 heterocycles. The van der Waals surface area contributed by atoms with Crippen LogP contribution in [0.4, 0.5) is 0 Å². The first-order valence-electron chi connectivity index (χ1n) is 5.79. The van der Waals surface area contributed by atoms with Crippen LogP contribution in [-0.2, 0) is 0 Å². The van der Waals surface area contributed by atoms with E-state index in [1.54, 1.807) is 12.1 Å². The smallest absolute Gasteiger partial charge is 0.116 e. The largest absolute Gasteiger partial charge is 0.508 e. The second kappa shape index (κ2) is 3.80. The minimum atomic E-state index is 0.333. The summed E-state index contributed by atoms with van der Waals surface area (Å²) in [4.78, 5) is 0. The van der Waals surface area contributed by atoms with E-state index in [4.69, 9.17) is 0 Å². The molecule has 2 heteroatoms. The molecule has 3 rings (SSSR count). The molecule has 0 aliphatic carbocycles. The van der Waals surface area contributed by atoms with Gasteiger partial charge in [-0.05, 0) is 53.9 Å². The van der Waals surface area contributed by atoms with Crippen LogP contribution in [0.5, 0.6) is 5.75 Å². The quantitative estimate of drug-likeness (QED) is 0.763. The molecule has 2 N–H and O–H groups in total. The molecule has 1 atom stereocenters. The number of hydrogen-bond donors (Lipinski definition) is 2. The van der Waals surface area contributed by atoms with Gasteiger partial charge in [0.05, 0.1) is 0 Å². The summed E-state index contributed by atoms with van der Waals surface area (Å²) < 4.78 is 0. The molecule has 0 amide bonds. The molecule has 0 aromatic heterocycles. The van der Waals surface area contributed by atoms with Gasteiger partial charge < -0.3 is 10.4 Å². The molecule has 2 aromatic rings. The van der Waals surface area contributed by atoms with E-state index in [2.05, 4.69) is 23.5 Å². The highest BCUT2D eigenvalue weighted by Crippen LogP contribution is 2.27. The number of phenols is 1. The van der Waals surface area contributed by atoms with Crippen molar-refractivity contribution in [2.24, 2.45) is 0 Å². The minimum absolute atomic E-state index is 0.333. The van der Waals surface area contributed by atoms with Gasteiger partial charge in [0, 0.05) is 6.04 Å². The number of benzene rings is 2. The number of aromatic hydroxyl groups is 1. The standard InChI is InChI=1S/C14H15NO/c16-13-6-5-10-8-12(4-3-11(10)9-13)14-2-1-7-15-14/h3-6,8-9,14-16H,1-2,7H2/t14-/m1/s1. The first-order valence-corrected chi connectivity index (χ1v) is 5.79. The zero-order chi connectivity index (χ0) is 11.0. The average molecular weight is 213 g/mol. The highest BCUT2D eigenvalue weighted by Gasteiger charge is 2.15. The Labute approximate surface area is 94.9 Å². The molecule has 0 spiro atoms. The summed E-state index contributed by atoms with van der Waals surface area (Å²) in [7, 11) is 0. The Hall–Kier alpha value is -1.54. The third-order valence-corrected chi connectivity index (χ3v) is 3.31. The van der Waals surface area contributed by atoms with Crippen molar-refractivity contribution in [1.29, 1.82) is 0 Å². The fraction of sp³-hybridized carbons (Fsp3) is 0.286. The lowest BCUT2D eigenvalue weighted by atomic mass is 10.0. The zero-order valence-electron chi connectivity index (χ0n) is 9.11. The molecule has 0 saturated carbocycles. The zero-order valence-corrected chi connectivity index (χ0v) is 9.11. The molecular formula is C14H15NO. The van der Waals surface area contributed by atoms with Crippen molar-refractivity contribution in [2.45, 2.75) is 18.9 Å². The summed E-state index contributed by atoms with van der Waals surface area (Å²) in [6, 6.07) is 12.5. The predicted molar refractivity (Wildman–Crippen MR) is 65.6 cm³/mol. The Morgan fingerprint density at radius 1 is 1.06 bits per heavy atom. The molecule has 82 valence electrons. The second-order valence-electron chi connectivity index (χ2n) is 4.44. The van der Waals surface area contributed by atoms with Crippen molar-refractivity contribution < 1.29 is 5.11 Å². The van der Waals surface area contributed by atoms with Crippen molar-refractivity contribution in [3.05, 3.63) is 42.0 Å². The molecule has 1 aliphatic heterocycles. The van der Waals surface area contributed by atoms with E-state index in [0.717, 1.165) is 11.9 Å². The third-order valence-electron chi connectivity index (χ3n) is 3.31. The normalized spacial score (nSPS) is 20.4. The fourth-order valence-electron chi connectivity index (χ4n) is 2.44. The maximum atomic E-state index is 9.40. The van der Waals surface area contributed by atoms with Gasteiger partial charge in [-0.25, -0.2) is 0 Å². The van der Waals surface area contributed by atoms with E-state index in [9.17, 15) is 5.11 Å². The van der Waals surface area contributed by atoms with Crippen LogP contribution in [0.25, 0.3) is 10.8 Å². The van der Waals surface area contributed by atoms with Gasteiger partial charge in [-0.15, -0.1) is 0 Å². The Bertz CT molecular complexity index is 515. The summed E-state index contributed by atoms with van der Waals surface area (Å²) in [5.41, 5.74) is 1.36. The second-order valence-corrected chi connectivity index (χ2v) is 4.44. The number of hydrogen-bond acceptors (Lipinski definition) is 2. The molecule has 1 fully saturated rings. The van der Waals surface area contributed by atoms with Crippen molar-refractivity contribution in [3.63, 3.8) is 0 Å². The van der Waals surface area contributed by atoms with Crippen LogP contribution in [0.1, 0.15) is 24.4 Å². The van der Waals surface area contributed by atoms with Gasteiger partial charge in [0.2, 0.25) is 0 Å². The van der Waals surface area contributed by atoms with Crippen molar-refractivity contribution in [1.82, 2.24) is 5.32 Å². The maximum absolute atomic E-state index is 9.40. The average Bonchev–Trinajstić information content (AvgIpc) is 2.82. The van der Waals surface area contributed by atoms with Crippen molar-refractivity contribution >= 4 is 10.8 Å². The summed E-state index contributed by atoms with van der Waals surface area (Å²) in [5, 5.41) is 15.2. The van der Waals surface area contributed by atoms with E-state index in [1.807, 2.05) is 6.07 Å². The predicted octanol–water partition coefficient (Wildman–Crippen LogP) is 2.97. The van der Waals surface area contributed by atoms with Crippen LogP contribution >= 0.6 is 0 Å². The van der Waals surface area contributed by atoms with E-state index in [-0.39, 0.29) is 0 Å². The number of fused-ring (bicyclic) bond motifs is 1.